The molecule has 0 aliphatic carbocycles. The molecule has 22 heavy (non-hydrogen) atoms. The zero-order chi connectivity index (χ0) is 15.7. The Bertz CT molecular complexity index is 592. The van der Waals surface area contributed by atoms with E-state index in [0.717, 1.165) is 17.9 Å². The lowest BCUT2D eigenvalue weighted by Gasteiger charge is -2.42. The maximum Gasteiger partial charge on any atom is 0.226 e. The van der Waals surface area contributed by atoms with Crippen LogP contribution in [0.25, 0.3) is 0 Å². The number of hydrogen-bond acceptors (Lipinski definition) is 2. The minimum Gasteiger partial charge on any atom is -0.345 e. The molecular weight excluding hydrogens is 296 g/mol. The minimum atomic E-state index is -0.0433. The average Bonchev–Trinajstić information content (AvgIpc) is 2.75. The van der Waals surface area contributed by atoms with Gasteiger partial charge in [0.2, 0.25) is 5.91 Å². The van der Waals surface area contributed by atoms with E-state index in [1.165, 1.54) is 12.0 Å². The molecule has 2 aliphatic heterocycles. The van der Waals surface area contributed by atoms with Crippen molar-refractivity contribution in [2.24, 2.45) is 5.92 Å². The molecule has 3 nitrogen and oxygen atoms in total. The van der Waals surface area contributed by atoms with E-state index in [9.17, 15) is 4.79 Å². The van der Waals surface area contributed by atoms with Gasteiger partial charge in [-0.25, -0.2) is 0 Å². The van der Waals surface area contributed by atoms with Crippen molar-refractivity contribution in [1.82, 2.24) is 10.2 Å². The van der Waals surface area contributed by atoms with Crippen molar-refractivity contribution in [2.45, 2.75) is 37.3 Å². The van der Waals surface area contributed by atoms with Crippen molar-refractivity contribution in [1.29, 1.82) is 0 Å². The third-order valence-electron chi connectivity index (χ3n) is 5.23. The van der Waals surface area contributed by atoms with Crippen LogP contribution in [0, 0.1) is 18.3 Å². The van der Waals surface area contributed by atoms with Gasteiger partial charge in [0.05, 0.1) is 12.5 Å². The summed E-state index contributed by atoms with van der Waals surface area (Å²) in [5, 5.41) is 3.62. The number of rotatable bonds is 3. The number of fused-ring (bicyclic) bond motifs is 2. The maximum absolute atomic E-state index is 12.7. The summed E-state index contributed by atoms with van der Waals surface area (Å²) in [6.07, 6.45) is 8.55. The zero-order valence-corrected chi connectivity index (χ0v) is 13.5. The number of hydrogen-bond donors (Lipinski definition) is 1. The Morgan fingerprint density at radius 1 is 1.41 bits per heavy atom. The first-order valence-corrected chi connectivity index (χ1v) is 8.18. The highest BCUT2D eigenvalue weighted by molar-refractivity contribution is 6.30. The van der Waals surface area contributed by atoms with E-state index in [0.29, 0.717) is 18.6 Å². The molecule has 1 aromatic carbocycles. The summed E-state index contributed by atoms with van der Waals surface area (Å²) >= 11 is 6.00. The van der Waals surface area contributed by atoms with Gasteiger partial charge in [0.25, 0.3) is 0 Å². The van der Waals surface area contributed by atoms with Crippen molar-refractivity contribution in [3.63, 3.8) is 0 Å². The predicted molar refractivity (Wildman–Crippen MR) is 88.7 cm³/mol. The molecule has 4 unspecified atom stereocenters. The summed E-state index contributed by atoms with van der Waals surface area (Å²) in [6.45, 7) is 0.294. The molecule has 4 heteroatoms. The van der Waals surface area contributed by atoms with Crippen LogP contribution in [0.4, 0.5) is 0 Å². The minimum absolute atomic E-state index is 0.0433. The van der Waals surface area contributed by atoms with Gasteiger partial charge in [0.15, 0.2) is 0 Å². The molecule has 2 fully saturated rings. The third kappa shape index (κ3) is 2.74. The normalized spacial score (nSPS) is 30.8. The van der Waals surface area contributed by atoms with Crippen LogP contribution < -0.4 is 5.32 Å². The Hall–Kier alpha value is -1.50. The Kier molecular flexibility index (Phi) is 4.42. The summed E-state index contributed by atoms with van der Waals surface area (Å²) in [7, 11) is 2.14. The van der Waals surface area contributed by atoms with Crippen LogP contribution in [0.15, 0.2) is 24.3 Å². The fourth-order valence-corrected chi connectivity index (χ4v) is 4.26. The summed E-state index contributed by atoms with van der Waals surface area (Å²) in [6, 6.07) is 8.80. The van der Waals surface area contributed by atoms with Crippen molar-refractivity contribution >= 4 is 17.5 Å². The molecule has 1 N–H and O–H groups in total. The molecule has 0 spiro atoms. The van der Waals surface area contributed by atoms with Crippen molar-refractivity contribution < 1.29 is 4.79 Å². The van der Waals surface area contributed by atoms with E-state index in [2.05, 4.69) is 35.3 Å². The summed E-state index contributed by atoms with van der Waals surface area (Å²) in [5.41, 5.74) is 1.20. The Morgan fingerprint density at radius 3 is 2.82 bits per heavy atom. The van der Waals surface area contributed by atoms with Gasteiger partial charge in [-0.1, -0.05) is 29.7 Å². The standard InChI is InChI=1S/C18H21ClN2O/c1-3-10-20-18(22)17-15(12-4-6-13(19)7-5-12)11-14-8-9-16(17)21(14)2/h1,4-7,14-17H,8-11H2,2H3,(H,20,22). The number of amides is 1. The number of nitrogens with one attached hydrogen (secondary N) is 1. The molecule has 2 saturated heterocycles. The number of halogens is 1. The van der Waals surface area contributed by atoms with Gasteiger partial charge in [-0.15, -0.1) is 6.42 Å². The molecule has 116 valence electrons. The lowest BCUT2D eigenvalue weighted by atomic mass is 9.75. The number of benzene rings is 1. The number of carbonyl (C=O) groups excluding carboxylic acids is 1. The van der Waals surface area contributed by atoms with Crippen molar-refractivity contribution in [2.75, 3.05) is 13.6 Å². The highest BCUT2D eigenvalue weighted by Gasteiger charge is 2.48. The van der Waals surface area contributed by atoms with E-state index < -0.39 is 0 Å². The second kappa shape index (κ2) is 6.32. The van der Waals surface area contributed by atoms with E-state index in [4.69, 9.17) is 18.0 Å². The predicted octanol–water partition coefficient (Wildman–Crippen LogP) is 2.66. The first-order chi connectivity index (χ1) is 10.6. The van der Waals surface area contributed by atoms with E-state index >= 15 is 0 Å². The highest BCUT2D eigenvalue weighted by Crippen LogP contribution is 2.46. The molecule has 0 saturated carbocycles. The second-order valence-corrected chi connectivity index (χ2v) is 6.74. The fourth-order valence-electron chi connectivity index (χ4n) is 4.13. The molecule has 1 aromatic rings. The van der Waals surface area contributed by atoms with Crippen molar-refractivity contribution in [3.8, 4) is 12.3 Å². The Labute approximate surface area is 137 Å². The lowest BCUT2D eigenvalue weighted by Crippen LogP contribution is -2.51. The van der Waals surface area contributed by atoms with Crippen LogP contribution in [0.2, 0.25) is 5.02 Å². The van der Waals surface area contributed by atoms with Crippen LogP contribution in [-0.4, -0.2) is 36.5 Å². The van der Waals surface area contributed by atoms with E-state index in [1.807, 2.05) is 12.1 Å². The SMILES string of the molecule is C#CCNC(=O)C1C(c2ccc(Cl)cc2)CC2CCC1N2C. The number of nitrogens with zero attached hydrogens (tertiary/aromatic N) is 1. The molecular formula is C18H21ClN2O. The van der Waals surface area contributed by atoms with Gasteiger partial charge in [0, 0.05) is 17.1 Å². The van der Waals surface area contributed by atoms with Gasteiger partial charge >= 0.3 is 0 Å². The topological polar surface area (TPSA) is 32.3 Å². The highest BCUT2D eigenvalue weighted by atomic mass is 35.5. The molecule has 0 aromatic heterocycles. The van der Waals surface area contributed by atoms with Gasteiger partial charge < -0.3 is 5.32 Å². The Balaban J connectivity index is 1.90. The average molecular weight is 317 g/mol. The first kappa shape index (κ1) is 15.4. The second-order valence-electron chi connectivity index (χ2n) is 6.31. The van der Waals surface area contributed by atoms with Gasteiger partial charge in [-0.3, -0.25) is 9.69 Å². The Morgan fingerprint density at radius 2 is 2.14 bits per heavy atom. The molecule has 2 aliphatic rings. The number of terminal acetylenes is 1. The van der Waals surface area contributed by atoms with Crippen LogP contribution in [0.3, 0.4) is 0 Å². The van der Waals surface area contributed by atoms with Gasteiger partial charge in [-0.2, -0.15) is 0 Å². The maximum atomic E-state index is 12.7. The molecule has 4 atom stereocenters. The molecule has 0 radical (unpaired) electrons. The quantitative estimate of drug-likeness (QED) is 0.870. The summed E-state index contributed by atoms with van der Waals surface area (Å²) < 4.78 is 0. The molecule has 3 rings (SSSR count). The fraction of sp³-hybridized carbons (Fsp3) is 0.500. The lowest BCUT2D eigenvalue weighted by molar-refractivity contribution is -0.129. The largest absolute Gasteiger partial charge is 0.345 e. The molecule has 2 heterocycles. The van der Waals surface area contributed by atoms with Crippen LogP contribution in [0.1, 0.15) is 30.7 Å². The van der Waals surface area contributed by atoms with E-state index in [1.54, 1.807) is 0 Å². The van der Waals surface area contributed by atoms with Crippen LogP contribution in [-0.2, 0) is 4.79 Å². The van der Waals surface area contributed by atoms with Crippen LogP contribution in [0.5, 0.6) is 0 Å². The van der Waals surface area contributed by atoms with E-state index in [-0.39, 0.29) is 17.7 Å². The van der Waals surface area contributed by atoms with Crippen molar-refractivity contribution in [3.05, 3.63) is 34.9 Å². The molecule has 2 bridgehead atoms. The first-order valence-electron chi connectivity index (χ1n) is 7.80. The van der Waals surface area contributed by atoms with Crippen LogP contribution >= 0.6 is 11.6 Å². The monoisotopic (exact) mass is 316 g/mol. The summed E-state index contributed by atoms with van der Waals surface area (Å²) in [5.74, 6) is 2.77. The number of piperidine rings is 1. The summed E-state index contributed by atoms with van der Waals surface area (Å²) in [4.78, 5) is 15.1. The zero-order valence-electron chi connectivity index (χ0n) is 12.8. The molecule has 1 amide bonds. The third-order valence-corrected chi connectivity index (χ3v) is 5.49. The number of carbonyl (C=O) groups is 1. The van der Waals surface area contributed by atoms with Gasteiger partial charge in [0.1, 0.15) is 0 Å². The van der Waals surface area contributed by atoms with Gasteiger partial charge in [-0.05, 0) is 49.9 Å². The smallest absolute Gasteiger partial charge is 0.226 e.